The van der Waals surface area contributed by atoms with Crippen LogP contribution in [0.3, 0.4) is 0 Å². The van der Waals surface area contributed by atoms with Gasteiger partial charge in [0.2, 0.25) is 0 Å². The van der Waals surface area contributed by atoms with Crippen molar-refractivity contribution in [2.75, 3.05) is 7.11 Å². The highest BCUT2D eigenvalue weighted by Gasteiger charge is 2.10. The lowest BCUT2D eigenvalue weighted by molar-refractivity contribution is -0.137. The zero-order valence-corrected chi connectivity index (χ0v) is 12.9. The van der Waals surface area contributed by atoms with Gasteiger partial charge in [-0.15, -0.1) is 0 Å². The van der Waals surface area contributed by atoms with Crippen LogP contribution in [0.2, 0.25) is 0 Å². The Balaban J connectivity index is 2.84. The van der Waals surface area contributed by atoms with Gasteiger partial charge < -0.3 is 14.3 Å². The van der Waals surface area contributed by atoms with Crippen molar-refractivity contribution in [3.8, 4) is 5.75 Å². The Hall–Kier alpha value is -2.04. The second-order valence-electron chi connectivity index (χ2n) is 5.20. The van der Waals surface area contributed by atoms with Gasteiger partial charge in [0.15, 0.2) is 0 Å². The lowest BCUT2D eigenvalue weighted by atomic mass is 10.0. The number of carboxylic acids is 1. The predicted molar refractivity (Wildman–Crippen MR) is 80.6 cm³/mol. The number of carboxylic acid groups (broad SMARTS) is 1. The van der Waals surface area contributed by atoms with Gasteiger partial charge in [-0.3, -0.25) is 4.79 Å². The van der Waals surface area contributed by atoms with Gasteiger partial charge in [-0.05, 0) is 38.2 Å². The highest BCUT2D eigenvalue weighted by Crippen LogP contribution is 2.23. The summed E-state index contributed by atoms with van der Waals surface area (Å²) < 4.78 is 10.4. The van der Waals surface area contributed by atoms with Gasteiger partial charge in [0.05, 0.1) is 12.7 Å². The lowest BCUT2D eigenvalue weighted by Crippen LogP contribution is -2.07. The quantitative estimate of drug-likeness (QED) is 0.835. The lowest BCUT2D eigenvalue weighted by Gasteiger charge is -2.09. The van der Waals surface area contributed by atoms with Crippen LogP contribution in [0.15, 0.2) is 21.4 Å². The fraction of sp³-hybridized carbons (Fsp3) is 0.500. The minimum absolute atomic E-state index is 0.171. The summed E-state index contributed by atoms with van der Waals surface area (Å²) in [5.41, 5.74) is 0.882. The Kier molecular flexibility index (Phi) is 6.21. The van der Waals surface area contributed by atoms with E-state index in [0.717, 1.165) is 12.0 Å². The highest BCUT2D eigenvalue weighted by molar-refractivity contribution is 5.66. The van der Waals surface area contributed by atoms with Crippen molar-refractivity contribution in [1.82, 2.24) is 0 Å². The SMILES string of the molecule is COc1cc(/C(C)=C/[C@@H](C)CCCC(=O)O)oc(=O)c1C. The van der Waals surface area contributed by atoms with Gasteiger partial charge in [0.25, 0.3) is 0 Å². The Morgan fingerprint density at radius 2 is 2.19 bits per heavy atom. The number of methoxy groups -OCH3 is 1. The van der Waals surface area contributed by atoms with Gasteiger partial charge in [-0.25, -0.2) is 4.79 Å². The number of ether oxygens (including phenoxy) is 1. The number of allylic oxidation sites excluding steroid dienone is 2. The van der Waals surface area contributed by atoms with E-state index in [1.807, 2.05) is 19.9 Å². The van der Waals surface area contributed by atoms with Crippen molar-refractivity contribution in [3.05, 3.63) is 33.9 Å². The van der Waals surface area contributed by atoms with E-state index in [1.54, 1.807) is 13.0 Å². The first-order valence-electron chi connectivity index (χ1n) is 6.94. The summed E-state index contributed by atoms with van der Waals surface area (Å²) in [6.45, 7) is 5.53. The summed E-state index contributed by atoms with van der Waals surface area (Å²) in [5.74, 6) is 0.416. The molecule has 0 spiro atoms. The van der Waals surface area contributed by atoms with Gasteiger partial charge in [0, 0.05) is 12.5 Å². The monoisotopic (exact) mass is 294 g/mol. The number of hydrogen-bond acceptors (Lipinski definition) is 4. The van der Waals surface area contributed by atoms with Gasteiger partial charge >= 0.3 is 11.6 Å². The summed E-state index contributed by atoms with van der Waals surface area (Å²) >= 11 is 0. The van der Waals surface area contributed by atoms with Gasteiger partial charge in [-0.2, -0.15) is 0 Å². The van der Waals surface area contributed by atoms with E-state index in [9.17, 15) is 9.59 Å². The minimum Gasteiger partial charge on any atom is -0.496 e. The number of carbonyl (C=O) groups is 1. The molecule has 1 N–H and O–H groups in total. The van der Waals surface area contributed by atoms with E-state index < -0.39 is 11.6 Å². The molecule has 0 aliphatic carbocycles. The first-order chi connectivity index (χ1) is 9.85. The van der Waals surface area contributed by atoms with E-state index in [1.165, 1.54) is 7.11 Å². The molecule has 0 saturated heterocycles. The maximum atomic E-state index is 11.7. The first-order valence-corrected chi connectivity index (χ1v) is 6.94. The van der Waals surface area contributed by atoms with Crippen LogP contribution in [0.1, 0.15) is 44.4 Å². The van der Waals surface area contributed by atoms with Crippen LogP contribution in [-0.2, 0) is 4.79 Å². The normalized spacial score (nSPS) is 13.0. The van der Waals surface area contributed by atoms with Crippen LogP contribution in [-0.4, -0.2) is 18.2 Å². The topological polar surface area (TPSA) is 76.7 Å². The van der Waals surface area contributed by atoms with Gasteiger partial charge in [0.1, 0.15) is 11.5 Å². The Morgan fingerprint density at radius 1 is 1.52 bits per heavy atom. The third-order valence-corrected chi connectivity index (χ3v) is 3.33. The Morgan fingerprint density at radius 3 is 2.76 bits per heavy atom. The molecule has 0 aromatic carbocycles. The molecule has 1 atom stereocenters. The average Bonchev–Trinajstić information content (AvgIpc) is 2.41. The van der Waals surface area contributed by atoms with Crippen molar-refractivity contribution < 1.29 is 19.1 Å². The fourth-order valence-corrected chi connectivity index (χ4v) is 2.11. The van der Waals surface area contributed by atoms with E-state index in [-0.39, 0.29) is 12.3 Å². The molecule has 0 radical (unpaired) electrons. The summed E-state index contributed by atoms with van der Waals surface area (Å²) in [6, 6.07) is 1.70. The molecular formula is C16H22O5. The number of hydrogen-bond donors (Lipinski definition) is 1. The first kappa shape index (κ1) is 17.0. The predicted octanol–water partition coefficient (Wildman–Crippen LogP) is 3.25. The van der Waals surface area contributed by atoms with Crippen molar-refractivity contribution in [3.63, 3.8) is 0 Å². The third-order valence-electron chi connectivity index (χ3n) is 3.33. The van der Waals surface area contributed by atoms with Crippen LogP contribution in [0.5, 0.6) is 5.75 Å². The van der Waals surface area contributed by atoms with Gasteiger partial charge in [-0.1, -0.05) is 13.0 Å². The summed E-state index contributed by atoms with van der Waals surface area (Å²) in [4.78, 5) is 22.2. The van der Waals surface area contributed by atoms with Crippen molar-refractivity contribution in [2.24, 2.45) is 5.92 Å². The fourth-order valence-electron chi connectivity index (χ4n) is 2.11. The average molecular weight is 294 g/mol. The van der Waals surface area contributed by atoms with Crippen molar-refractivity contribution in [1.29, 1.82) is 0 Å². The Labute approximate surface area is 124 Å². The molecule has 1 aromatic rings. The molecule has 5 heteroatoms. The highest BCUT2D eigenvalue weighted by atomic mass is 16.5. The molecule has 0 aliphatic heterocycles. The van der Waals surface area contributed by atoms with Crippen LogP contribution >= 0.6 is 0 Å². The standard InChI is InChI=1S/C16H22O5/c1-10(6-5-7-15(17)18)8-11(2)13-9-14(20-4)12(3)16(19)21-13/h8-10H,5-7H2,1-4H3,(H,17,18)/b11-8+/t10-/m0/s1. The number of aliphatic carboxylic acids is 1. The largest absolute Gasteiger partial charge is 0.496 e. The molecular weight excluding hydrogens is 272 g/mol. The minimum atomic E-state index is -0.780. The molecule has 21 heavy (non-hydrogen) atoms. The molecule has 0 bridgehead atoms. The molecule has 0 aliphatic rings. The molecule has 116 valence electrons. The van der Waals surface area contributed by atoms with Crippen LogP contribution in [0.4, 0.5) is 0 Å². The number of rotatable bonds is 7. The van der Waals surface area contributed by atoms with Crippen LogP contribution in [0.25, 0.3) is 5.57 Å². The second-order valence-corrected chi connectivity index (χ2v) is 5.20. The van der Waals surface area contributed by atoms with E-state index >= 15 is 0 Å². The zero-order valence-electron chi connectivity index (χ0n) is 12.9. The van der Waals surface area contributed by atoms with Crippen molar-refractivity contribution >= 4 is 11.5 Å². The zero-order chi connectivity index (χ0) is 16.0. The van der Waals surface area contributed by atoms with E-state index in [0.29, 0.717) is 23.5 Å². The summed E-state index contributed by atoms with van der Waals surface area (Å²) in [5, 5.41) is 8.62. The van der Waals surface area contributed by atoms with E-state index in [4.69, 9.17) is 14.3 Å². The van der Waals surface area contributed by atoms with Crippen molar-refractivity contribution in [2.45, 2.75) is 40.0 Å². The summed E-state index contributed by atoms with van der Waals surface area (Å²) in [6.07, 6.45) is 3.55. The van der Waals surface area contributed by atoms with E-state index in [2.05, 4.69) is 0 Å². The van der Waals surface area contributed by atoms with Crippen LogP contribution in [0, 0.1) is 12.8 Å². The molecule has 0 fully saturated rings. The maximum absolute atomic E-state index is 11.7. The molecule has 5 nitrogen and oxygen atoms in total. The van der Waals surface area contributed by atoms with Crippen LogP contribution < -0.4 is 10.4 Å². The smallest absolute Gasteiger partial charge is 0.342 e. The molecule has 1 rings (SSSR count). The third kappa shape index (κ3) is 5.10. The maximum Gasteiger partial charge on any atom is 0.342 e. The summed E-state index contributed by atoms with van der Waals surface area (Å²) in [7, 11) is 1.51. The Bertz CT molecular complexity index is 583. The molecule has 0 unspecified atom stereocenters. The molecule has 1 heterocycles. The molecule has 0 amide bonds. The molecule has 1 aromatic heterocycles. The molecule has 0 saturated carbocycles. The second kappa shape index (κ2) is 7.67.